The average molecular weight is 1650 g/mol. The Labute approximate surface area is 681 Å². The van der Waals surface area contributed by atoms with Gasteiger partial charge in [-0.1, -0.05) is 336 Å². The number of hydrogen-bond acceptors (Lipinski definition) is 6. The van der Waals surface area contributed by atoms with Gasteiger partial charge in [-0.15, -0.1) is 45.3 Å². The molecular weight excluding hydrogens is 1500 g/mol. The van der Waals surface area contributed by atoms with E-state index in [4.69, 9.17) is 0 Å². The first-order chi connectivity index (χ1) is 52.0. The Morgan fingerprint density at radius 2 is 0.547 bits per heavy atom. The van der Waals surface area contributed by atoms with Crippen LogP contribution in [0.3, 0.4) is 0 Å². The summed E-state index contributed by atoms with van der Waals surface area (Å²) in [6.07, 6.45) is 64.8. The molecule has 4 aromatic heterocycles. The fraction of sp³-hybridized carbons (Fsp3) is 0.667. The van der Waals surface area contributed by atoms with E-state index in [9.17, 15) is 0 Å². The number of fused-ring (bicyclic) bond motifs is 2. The van der Waals surface area contributed by atoms with Crippen LogP contribution in [0.5, 0.6) is 0 Å². The van der Waals surface area contributed by atoms with Gasteiger partial charge in [-0.05, 0) is 191 Å². The number of hydrogen-bond donors (Lipinski definition) is 0. The predicted octanol–water partition coefficient (Wildman–Crippen LogP) is 34.0. The summed E-state index contributed by atoms with van der Waals surface area (Å²) in [4.78, 5) is 45.7. The number of amides is 2. The zero-order valence-electron chi connectivity index (χ0n) is 68.2. The number of halogens is 2. The van der Waals surface area contributed by atoms with E-state index in [0.29, 0.717) is 36.1 Å². The van der Waals surface area contributed by atoms with E-state index >= 15 is 9.59 Å². The lowest BCUT2D eigenvalue weighted by molar-refractivity contribution is -0.114. The van der Waals surface area contributed by atoms with E-state index in [1.165, 1.54) is 353 Å². The number of carbonyl (C=O) groups is 2. The third-order valence-corrected chi connectivity index (χ3v) is 30.1. The Morgan fingerprint density at radius 3 is 0.849 bits per heavy atom. The van der Waals surface area contributed by atoms with Gasteiger partial charge in [0.1, 0.15) is 0 Å². The second kappa shape index (κ2) is 50.8. The van der Waals surface area contributed by atoms with Crippen molar-refractivity contribution in [3.8, 4) is 40.4 Å². The van der Waals surface area contributed by atoms with Crippen molar-refractivity contribution >= 4 is 112 Å². The highest BCUT2D eigenvalue weighted by Crippen LogP contribution is 2.53. The van der Waals surface area contributed by atoms with Crippen LogP contribution in [0.15, 0.2) is 68.2 Å². The van der Waals surface area contributed by atoms with Crippen LogP contribution >= 0.6 is 77.2 Å². The van der Waals surface area contributed by atoms with Gasteiger partial charge in [0.15, 0.2) is 0 Å². The third-order valence-electron chi connectivity index (χ3n) is 23.4. The van der Waals surface area contributed by atoms with Crippen molar-refractivity contribution in [1.29, 1.82) is 0 Å². The topological polar surface area (TPSA) is 40.6 Å². The summed E-state index contributed by atoms with van der Waals surface area (Å²) in [7, 11) is 0. The Bertz CT molecular complexity index is 3280. The van der Waals surface area contributed by atoms with Gasteiger partial charge in [0, 0.05) is 53.5 Å². The van der Waals surface area contributed by atoms with Gasteiger partial charge in [-0.3, -0.25) is 9.59 Å². The van der Waals surface area contributed by atoms with Gasteiger partial charge >= 0.3 is 0 Å². The van der Waals surface area contributed by atoms with Crippen LogP contribution in [0, 0.1) is 11.8 Å². The number of aryl methyl sites for hydroxylation is 4. The van der Waals surface area contributed by atoms with Crippen LogP contribution in [-0.2, 0) is 35.3 Å². The Morgan fingerprint density at radius 1 is 0.292 bits per heavy atom. The minimum Gasteiger partial charge on any atom is -0.307 e. The predicted molar refractivity (Wildman–Crippen MR) is 482 cm³/mol. The molecule has 0 saturated carbocycles. The quantitative estimate of drug-likeness (QED) is 0.0282. The molecule has 2 aliphatic rings. The smallest absolute Gasteiger partial charge is 0.259 e. The number of anilines is 2. The monoisotopic (exact) mass is 1640 g/mol. The highest BCUT2D eigenvalue weighted by Gasteiger charge is 2.44. The molecule has 2 atom stereocenters. The second-order valence-corrected chi connectivity index (χ2v) is 39.3. The summed E-state index contributed by atoms with van der Waals surface area (Å²) in [5.41, 5.74) is 13.3. The summed E-state index contributed by atoms with van der Waals surface area (Å²) in [5, 5.41) is 0. The number of thiophene rings is 4. The lowest BCUT2D eigenvalue weighted by atomic mass is 9.93. The molecule has 0 radical (unpaired) electrons. The largest absolute Gasteiger partial charge is 0.307 e. The zero-order chi connectivity index (χ0) is 75.1. The first-order valence-electron chi connectivity index (χ1n) is 44.5. The Balaban J connectivity index is 1.26. The summed E-state index contributed by atoms with van der Waals surface area (Å²) in [5.74, 6) is 0.791. The van der Waals surface area contributed by atoms with Crippen LogP contribution in [-0.4, -0.2) is 24.9 Å². The first-order valence-corrected chi connectivity index (χ1v) is 49.4. The summed E-state index contributed by atoms with van der Waals surface area (Å²) < 4.78 is 2.58. The average Bonchev–Trinajstić information content (AvgIpc) is 1.57. The molecule has 106 heavy (non-hydrogen) atoms. The lowest BCUT2D eigenvalue weighted by Gasteiger charge is -2.25. The molecule has 2 aliphatic heterocycles. The molecule has 588 valence electrons. The van der Waals surface area contributed by atoms with Gasteiger partial charge in [0.25, 0.3) is 11.8 Å². The molecule has 0 N–H and O–H groups in total. The maximum absolute atomic E-state index is 16.6. The number of benzene rings is 2. The Hall–Kier alpha value is -3.12. The van der Waals surface area contributed by atoms with E-state index in [1.54, 1.807) is 0 Å². The molecule has 0 fully saturated rings. The molecule has 10 heteroatoms. The minimum absolute atomic E-state index is 0.0224. The lowest BCUT2D eigenvalue weighted by Crippen LogP contribution is -2.34. The van der Waals surface area contributed by atoms with Gasteiger partial charge in [0.05, 0.1) is 30.1 Å². The van der Waals surface area contributed by atoms with Crippen molar-refractivity contribution in [1.82, 2.24) is 0 Å². The molecule has 0 aliphatic carbocycles. The van der Waals surface area contributed by atoms with Crippen LogP contribution in [0.25, 0.3) is 51.5 Å². The molecule has 2 amide bonds. The van der Waals surface area contributed by atoms with Crippen molar-refractivity contribution in [2.45, 2.75) is 389 Å². The highest BCUT2D eigenvalue weighted by molar-refractivity contribution is 9.11. The van der Waals surface area contributed by atoms with Crippen LogP contribution < -0.4 is 9.80 Å². The van der Waals surface area contributed by atoms with Crippen molar-refractivity contribution in [2.24, 2.45) is 11.8 Å². The van der Waals surface area contributed by atoms with Gasteiger partial charge in [-0.2, -0.15) is 0 Å². The third kappa shape index (κ3) is 27.6. The molecule has 8 rings (SSSR count). The molecule has 6 heterocycles. The van der Waals surface area contributed by atoms with E-state index in [1.807, 2.05) is 45.3 Å². The molecule has 0 saturated heterocycles. The number of unbranched alkanes of at least 4 members (excludes halogenated alkanes) is 36. The van der Waals surface area contributed by atoms with Crippen molar-refractivity contribution in [2.75, 3.05) is 22.9 Å². The van der Waals surface area contributed by atoms with Gasteiger partial charge in [-0.25, -0.2) is 0 Å². The maximum Gasteiger partial charge on any atom is 0.259 e. The molecule has 6 aromatic rings. The van der Waals surface area contributed by atoms with Crippen LogP contribution in [0.2, 0.25) is 0 Å². The normalized spacial score (nSPS) is 14.3. The molecule has 2 unspecified atom stereocenters. The van der Waals surface area contributed by atoms with Gasteiger partial charge in [0.2, 0.25) is 0 Å². The number of carbonyl (C=O) groups excluding carboxylic acids is 2. The molecule has 4 nitrogen and oxygen atoms in total. The standard InChI is InChI=1S/C96H144Br2N2O2S4/c1-9-17-25-33-39-47-55-73(53-45-31-23-15-7)71-99-83-65-75(85-67-77(57-49-41-35-27-19-11-3)91(103-85)87-69-79(93(97)105-87)59-51-43-37-29-21-13-5)61-63-81(83)89(95(99)101)90-82-64-62-76(66-84(82)100(96(90)102)72-74(54-46-32-24-16-8)56-48-40-34-26-18-10-2)86-68-78(58-50-42-36-28-20-12-4)92(104-86)88-70-80(94(98)106-88)60-52-44-38-30-22-14-6/h61-70,73-74H,9-60,71-72H2,1-8H3/b90-89-. The number of rotatable bonds is 60. The fourth-order valence-corrected chi connectivity index (χ4v) is 23.0. The molecule has 0 bridgehead atoms. The zero-order valence-corrected chi connectivity index (χ0v) is 74.6. The second-order valence-electron chi connectivity index (χ2n) is 32.4. The maximum atomic E-state index is 16.6. The summed E-state index contributed by atoms with van der Waals surface area (Å²) in [6.45, 7) is 19.9. The first kappa shape index (κ1) is 88.4. The van der Waals surface area contributed by atoms with Crippen LogP contribution in [0.1, 0.15) is 397 Å². The van der Waals surface area contributed by atoms with E-state index < -0.39 is 0 Å². The Kier molecular flexibility index (Phi) is 42.4. The number of nitrogens with zero attached hydrogens (tertiary/aromatic N) is 2. The van der Waals surface area contributed by atoms with E-state index in [0.717, 1.165) is 73.9 Å². The van der Waals surface area contributed by atoms with Crippen molar-refractivity contribution in [3.05, 3.63) is 102 Å². The van der Waals surface area contributed by atoms with E-state index in [-0.39, 0.29) is 11.8 Å². The van der Waals surface area contributed by atoms with Crippen molar-refractivity contribution in [3.63, 3.8) is 0 Å². The molecule has 0 spiro atoms. The van der Waals surface area contributed by atoms with Gasteiger partial charge < -0.3 is 9.80 Å². The molecular formula is C96H144Br2N2O2S4. The fourth-order valence-electron chi connectivity index (χ4n) is 16.8. The van der Waals surface area contributed by atoms with E-state index in [2.05, 4.69) is 158 Å². The van der Waals surface area contributed by atoms with Crippen molar-refractivity contribution < 1.29 is 9.59 Å². The molecule has 2 aromatic carbocycles. The SMILES string of the molecule is CCCCCCCCc1cc(-c2sc(-c3ccc4c(c3)N(CC(CCCCCC)CCCCCCCC)C(=O)/C4=C3\C(=O)N(CC(CCCCCC)CCCCCCCC)c4cc(-c5cc(CCCCCCCC)c(-c6cc(CCCCCCCC)c(Br)s6)s5)ccc43)cc2CCCCCCCC)sc1Br. The minimum atomic E-state index is 0.0224. The summed E-state index contributed by atoms with van der Waals surface area (Å²) in [6, 6.07) is 24.1. The van der Waals surface area contributed by atoms with Crippen LogP contribution in [0.4, 0.5) is 11.4 Å². The highest BCUT2D eigenvalue weighted by atomic mass is 79.9. The summed E-state index contributed by atoms with van der Waals surface area (Å²) >= 11 is 16.0.